The lowest BCUT2D eigenvalue weighted by molar-refractivity contribution is -0.0495. The van der Waals surface area contributed by atoms with E-state index >= 15 is 0 Å². The largest absolute Gasteiger partial charge is 0.469 e. The molecule has 0 unspecified atom stereocenters. The number of hydrogen-bond acceptors (Lipinski definition) is 8. The van der Waals surface area contributed by atoms with Crippen molar-refractivity contribution in [3.63, 3.8) is 0 Å². The highest BCUT2D eigenvalue weighted by atomic mass is 32.1. The van der Waals surface area contributed by atoms with Gasteiger partial charge in [0.15, 0.2) is 0 Å². The number of alkyl halides is 2. The van der Waals surface area contributed by atoms with Crippen LogP contribution in [0, 0.1) is 12.7 Å². The molecule has 0 aliphatic heterocycles. The van der Waals surface area contributed by atoms with E-state index in [0.717, 1.165) is 23.0 Å². The van der Waals surface area contributed by atoms with Gasteiger partial charge in [-0.1, -0.05) is 29.4 Å². The Hall–Kier alpha value is -3.77. The van der Waals surface area contributed by atoms with Crippen molar-refractivity contribution in [3.05, 3.63) is 71.3 Å². The van der Waals surface area contributed by atoms with E-state index in [2.05, 4.69) is 25.2 Å². The Balaban J connectivity index is 1.70. The second-order valence-electron chi connectivity index (χ2n) is 8.69. The number of halogens is 3. The van der Waals surface area contributed by atoms with Gasteiger partial charge in [0.1, 0.15) is 11.6 Å². The minimum Gasteiger partial charge on any atom is -0.469 e. The molecule has 0 radical (unpaired) electrons. The summed E-state index contributed by atoms with van der Waals surface area (Å²) >= 11 is 1.00. The lowest BCUT2D eigenvalue weighted by Crippen LogP contribution is -2.24. The first-order valence-electron chi connectivity index (χ1n) is 11.9. The number of anilines is 1. The van der Waals surface area contributed by atoms with E-state index in [1.807, 2.05) is 39.0 Å². The van der Waals surface area contributed by atoms with Gasteiger partial charge in [-0.25, -0.2) is 4.39 Å². The maximum absolute atomic E-state index is 14.8. The number of aryl methyl sites for hydroxylation is 1. The first-order valence-corrected chi connectivity index (χ1v) is 12.7. The van der Waals surface area contributed by atoms with Crippen molar-refractivity contribution in [2.24, 2.45) is 0 Å². The van der Waals surface area contributed by atoms with Crippen LogP contribution in [0.25, 0.3) is 11.1 Å². The molecule has 3 rings (SSSR count). The number of ether oxygens (including phenoxy) is 3. The maximum Gasteiger partial charge on any atom is 0.387 e. The van der Waals surface area contributed by atoms with Crippen molar-refractivity contribution in [1.29, 1.82) is 0 Å². The van der Waals surface area contributed by atoms with Crippen LogP contribution >= 0.6 is 11.3 Å². The average molecular weight is 563 g/mol. The molecule has 0 saturated carbocycles. The molecular formula is C27H29F3N4O4S. The van der Waals surface area contributed by atoms with Gasteiger partial charge < -0.3 is 14.2 Å². The summed E-state index contributed by atoms with van der Waals surface area (Å²) in [5.74, 6) is -1.92. The molecule has 8 nitrogen and oxygen atoms in total. The quantitative estimate of drug-likeness (QED) is 0.196. The fraction of sp³-hybridized carbons (Fsp3) is 0.333. The third kappa shape index (κ3) is 7.87. The number of rotatable bonds is 12. The number of pyridine rings is 1. The highest BCUT2D eigenvalue weighted by molar-refractivity contribution is 7.17. The van der Waals surface area contributed by atoms with Gasteiger partial charge in [0.25, 0.3) is 11.1 Å². The van der Waals surface area contributed by atoms with E-state index in [-0.39, 0.29) is 27.0 Å². The zero-order chi connectivity index (χ0) is 28.6. The van der Waals surface area contributed by atoms with Crippen molar-refractivity contribution < 1.29 is 32.2 Å². The standard InChI is InChI=1S/C27H29F3N4O4S/c1-6-17(27(3,4)36-5)10-7-8-13-37-26-34-33-25(39-26)32-23(35)19-15-31-16(2)14-18(19)22-20(28)11-9-12-21(22)38-24(29)30/h6-7,9-12,14-15,24H,8,13H2,1-5H3,(H,32,33,35)/b10-7-,17-6+. The van der Waals surface area contributed by atoms with E-state index in [1.54, 1.807) is 14.0 Å². The summed E-state index contributed by atoms with van der Waals surface area (Å²) in [6.45, 7) is 4.67. The SMILES string of the molecule is C/C=C(\C=C/CCOc1nnc(NC(=O)c2cnc(C)cc2-c2c(F)cccc2OC(F)F)s1)C(C)(C)OC. The number of carbonyl (C=O) groups is 1. The van der Waals surface area contributed by atoms with E-state index in [0.29, 0.717) is 18.7 Å². The molecule has 1 N–H and O–H groups in total. The third-order valence-electron chi connectivity index (χ3n) is 5.70. The van der Waals surface area contributed by atoms with Crippen LogP contribution in [0.4, 0.5) is 18.3 Å². The van der Waals surface area contributed by atoms with Gasteiger partial charge in [-0.15, -0.1) is 5.10 Å². The topological polar surface area (TPSA) is 95.5 Å². The van der Waals surface area contributed by atoms with Crippen molar-refractivity contribution >= 4 is 22.4 Å². The molecule has 0 bridgehead atoms. The predicted octanol–water partition coefficient (Wildman–Crippen LogP) is 6.60. The lowest BCUT2D eigenvalue weighted by atomic mass is 9.97. The van der Waals surface area contributed by atoms with Gasteiger partial charge in [0.05, 0.1) is 23.3 Å². The average Bonchev–Trinajstić information content (AvgIpc) is 3.32. The summed E-state index contributed by atoms with van der Waals surface area (Å²) in [6, 6.07) is 4.94. The molecule has 1 aromatic carbocycles. The summed E-state index contributed by atoms with van der Waals surface area (Å²) in [6.07, 6.45) is 7.74. The third-order valence-corrected chi connectivity index (χ3v) is 6.45. The molecule has 0 atom stereocenters. The van der Waals surface area contributed by atoms with Crippen molar-refractivity contribution in [1.82, 2.24) is 15.2 Å². The van der Waals surface area contributed by atoms with Gasteiger partial charge in [-0.3, -0.25) is 15.1 Å². The van der Waals surface area contributed by atoms with Crippen LogP contribution in [0.3, 0.4) is 0 Å². The lowest BCUT2D eigenvalue weighted by Gasteiger charge is -2.24. The van der Waals surface area contributed by atoms with E-state index < -0.39 is 29.7 Å². The van der Waals surface area contributed by atoms with Gasteiger partial charge in [-0.05, 0) is 69.2 Å². The summed E-state index contributed by atoms with van der Waals surface area (Å²) < 4.78 is 56.3. The number of aromatic nitrogens is 3. The molecule has 0 fully saturated rings. The Labute approximate surface area is 228 Å². The van der Waals surface area contributed by atoms with Crippen LogP contribution in [-0.4, -0.2) is 47.0 Å². The summed E-state index contributed by atoms with van der Waals surface area (Å²) in [4.78, 5) is 17.2. The fourth-order valence-electron chi connectivity index (χ4n) is 3.58. The minimum absolute atomic E-state index is 0.0404. The molecule has 3 aromatic rings. The number of amides is 1. The Morgan fingerprint density at radius 1 is 1.26 bits per heavy atom. The van der Waals surface area contributed by atoms with Gasteiger partial charge >= 0.3 is 6.61 Å². The normalized spacial score (nSPS) is 12.3. The van der Waals surface area contributed by atoms with Crippen molar-refractivity contribution in [2.45, 2.75) is 46.3 Å². The predicted molar refractivity (Wildman–Crippen MR) is 143 cm³/mol. The number of benzene rings is 1. The van der Waals surface area contributed by atoms with Crippen molar-refractivity contribution in [2.75, 3.05) is 19.0 Å². The molecule has 0 saturated heterocycles. The Kier molecular flexibility index (Phi) is 10.2. The number of carbonyl (C=O) groups excluding carboxylic acids is 1. The molecule has 2 heterocycles. The van der Waals surface area contributed by atoms with Gasteiger partial charge in [0, 0.05) is 24.6 Å². The summed E-state index contributed by atoms with van der Waals surface area (Å²) in [5.41, 5.74) is 0.762. The first-order chi connectivity index (χ1) is 18.6. The van der Waals surface area contributed by atoms with Crippen LogP contribution < -0.4 is 14.8 Å². The number of nitrogens with one attached hydrogen (secondary N) is 1. The zero-order valence-corrected chi connectivity index (χ0v) is 22.9. The Morgan fingerprint density at radius 3 is 2.72 bits per heavy atom. The number of hydrogen-bond donors (Lipinski definition) is 1. The highest BCUT2D eigenvalue weighted by Gasteiger charge is 2.23. The van der Waals surface area contributed by atoms with E-state index in [9.17, 15) is 18.0 Å². The number of methoxy groups -OCH3 is 1. The number of allylic oxidation sites excluding steroid dienone is 1. The van der Waals surface area contributed by atoms with E-state index in [1.165, 1.54) is 24.4 Å². The van der Waals surface area contributed by atoms with Crippen molar-refractivity contribution in [3.8, 4) is 22.1 Å². The highest BCUT2D eigenvalue weighted by Crippen LogP contribution is 2.36. The smallest absolute Gasteiger partial charge is 0.387 e. The van der Waals surface area contributed by atoms with Crippen LogP contribution in [0.5, 0.6) is 10.9 Å². The van der Waals surface area contributed by atoms with Gasteiger partial charge in [-0.2, -0.15) is 8.78 Å². The molecule has 0 aliphatic rings. The summed E-state index contributed by atoms with van der Waals surface area (Å²) in [7, 11) is 1.65. The molecule has 0 aliphatic carbocycles. The minimum atomic E-state index is -3.18. The molecule has 39 heavy (non-hydrogen) atoms. The number of nitrogens with zero attached hydrogens (tertiary/aromatic N) is 3. The molecule has 208 valence electrons. The fourth-order valence-corrected chi connectivity index (χ4v) is 4.19. The second kappa shape index (κ2) is 13.3. The first kappa shape index (κ1) is 29.8. The molecule has 0 spiro atoms. The Morgan fingerprint density at radius 2 is 2.03 bits per heavy atom. The Bertz CT molecular complexity index is 1360. The van der Waals surface area contributed by atoms with Gasteiger partial charge in [0.2, 0.25) is 5.13 Å². The molecule has 1 amide bonds. The van der Waals surface area contributed by atoms with Crippen LogP contribution in [0.1, 0.15) is 43.2 Å². The second-order valence-corrected chi connectivity index (χ2v) is 9.63. The maximum atomic E-state index is 14.8. The van der Waals surface area contributed by atoms with E-state index in [4.69, 9.17) is 9.47 Å². The van der Waals surface area contributed by atoms with Crippen LogP contribution in [0.2, 0.25) is 0 Å². The monoisotopic (exact) mass is 562 g/mol. The summed E-state index contributed by atoms with van der Waals surface area (Å²) in [5, 5.41) is 10.8. The van der Waals surface area contributed by atoms with Crippen LogP contribution in [0.15, 0.2) is 54.3 Å². The van der Waals surface area contributed by atoms with Crippen LogP contribution in [-0.2, 0) is 4.74 Å². The molecule has 2 aromatic heterocycles. The molecular weight excluding hydrogens is 533 g/mol. The molecule has 12 heteroatoms. The zero-order valence-electron chi connectivity index (χ0n) is 22.1.